The molecule has 1 heterocycles. The van der Waals surface area contributed by atoms with Gasteiger partial charge in [-0.05, 0) is 33.9 Å². The maximum Gasteiger partial charge on any atom is 0.410 e. The summed E-state index contributed by atoms with van der Waals surface area (Å²) in [6, 6.07) is 46.7. The predicted molar refractivity (Wildman–Crippen MR) is 217 cm³/mol. The molecule has 5 aromatic carbocycles. The van der Waals surface area contributed by atoms with E-state index in [0.29, 0.717) is 11.3 Å². The van der Waals surface area contributed by atoms with E-state index in [1.54, 1.807) is 6.07 Å². The van der Waals surface area contributed by atoms with Crippen LogP contribution in [0.5, 0.6) is 0 Å². The summed E-state index contributed by atoms with van der Waals surface area (Å²) in [4.78, 5) is 36.5. The molecule has 1 aliphatic heterocycles. The lowest BCUT2D eigenvalue weighted by Crippen LogP contribution is -2.65. The summed E-state index contributed by atoms with van der Waals surface area (Å²) < 4.78 is 12.7. The highest BCUT2D eigenvalue weighted by Gasteiger charge is 2.51. The van der Waals surface area contributed by atoms with E-state index in [1.807, 2.05) is 138 Å². The largest absolute Gasteiger partial charge is 0.445 e. The number of aliphatic imine (C=N–C) groups is 1. The van der Waals surface area contributed by atoms with Gasteiger partial charge < -0.3 is 14.1 Å². The zero-order valence-corrected chi connectivity index (χ0v) is 32.4. The molecule has 1 atom stereocenters. The molecule has 0 unspecified atom stereocenters. The second kappa shape index (κ2) is 17.4. The average molecular weight is 745 g/mol. The number of amides is 2. The van der Waals surface area contributed by atoms with Gasteiger partial charge in [0.15, 0.2) is 0 Å². The van der Waals surface area contributed by atoms with Crippen molar-refractivity contribution in [1.82, 2.24) is 9.80 Å². The van der Waals surface area contributed by atoms with E-state index >= 15 is 0 Å². The van der Waals surface area contributed by atoms with E-state index in [9.17, 15) is 14.9 Å². The fraction of sp³-hybridized carbons (Fsp3) is 0.217. The summed E-state index contributed by atoms with van der Waals surface area (Å²) in [5.74, 6) is -0.269. The van der Waals surface area contributed by atoms with Crippen molar-refractivity contribution in [1.29, 1.82) is 5.26 Å². The second-order valence-corrected chi connectivity index (χ2v) is 16.3. The molecule has 1 aliphatic rings. The van der Waals surface area contributed by atoms with Crippen LogP contribution in [0.25, 0.3) is 0 Å². The number of piperazine rings is 1. The van der Waals surface area contributed by atoms with Crippen molar-refractivity contribution in [2.75, 3.05) is 19.7 Å². The molecule has 0 spiro atoms. The molecule has 0 saturated carbocycles. The third kappa shape index (κ3) is 9.01. The highest BCUT2D eigenvalue weighted by molar-refractivity contribution is 6.32. The molecular weight excluding hydrogens is 701 g/mol. The maximum atomic E-state index is 14.6. The van der Waals surface area contributed by atoms with Crippen molar-refractivity contribution in [3.63, 3.8) is 0 Å². The quantitative estimate of drug-likeness (QED) is 0.0723. The van der Waals surface area contributed by atoms with Crippen LogP contribution in [-0.4, -0.2) is 63.0 Å². The maximum absolute atomic E-state index is 14.6. The lowest BCUT2D eigenvalue weighted by Gasteiger charge is -2.51. The molecule has 9 heteroatoms. The molecular formula is C46H44N4O4Si. The first kappa shape index (κ1) is 38.6. The average Bonchev–Trinajstić information content (AvgIpc) is 3.21. The monoisotopic (exact) mass is 744 g/mol. The third-order valence-electron chi connectivity index (χ3n) is 9.25. The number of ether oxygens (including phenoxy) is 1. The number of hydrogen-bond acceptors (Lipinski definition) is 6. The van der Waals surface area contributed by atoms with E-state index < -0.39 is 17.7 Å². The summed E-state index contributed by atoms with van der Waals surface area (Å²) >= 11 is 0. The van der Waals surface area contributed by atoms with Gasteiger partial charge in [-0.15, -0.1) is 0 Å². The van der Waals surface area contributed by atoms with Gasteiger partial charge in [0, 0.05) is 24.2 Å². The topological polar surface area (TPSA) is 95.2 Å². The molecule has 0 bridgehead atoms. The van der Waals surface area contributed by atoms with E-state index in [4.69, 9.17) is 14.2 Å². The van der Waals surface area contributed by atoms with Crippen LogP contribution in [0.2, 0.25) is 5.04 Å². The number of carbonyl (C=O) groups excluding carboxylic acids is 2. The minimum atomic E-state index is -1.19. The summed E-state index contributed by atoms with van der Waals surface area (Å²) in [6.07, 6.45) is 0.904. The number of rotatable bonds is 12. The van der Waals surface area contributed by atoms with Gasteiger partial charge in [-0.25, -0.2) is 9.79 Å². The Kier molecular flexibility index (Phi) is 12.2. The Morgan fingerprint density at radius 3 is 1.93 bits per heavy atom. The zero-order valence-electron chi connectivity index (χ0n) is 31.4. The lowest BCUT2D eigenvalue weighted by atomic mass is 9.78. The molecule has 6 rings (SSSR count). The second-order valence-electron chi connectivity index (χ2n) is 14.4. The highest BCUT2D eigenvalue weighted by Crippen LogP contribution is 2.43. The first-order valence-electron chi connectivity index (χ1n) is 18.2. The molecule has 0 aliphatic carbocycles. The van der Waals surface area contributed by atoms with Crippen LogP contribution < -0.4 is 0 Å². The normalized spacial score (nSPS) is 14.5. The number of nitriles is 1. The van der Waals surface area contributed by atoms with Gasteiger partial charge in [-0.1, -0.05) is 161 Å². The fourth-order valence-corrected chi connectivity index (χ4v) is 7.56. The molecule has 55 heavy (non-hydrogen) atoms. The van der Waals surface area contributed by atoms with Crippen LogP contribution in [0.15, 0.2) is 157 Å². The van der Waals surface area contributed by atoms with Gasteiger partial charge in [0.25, 0.3) is 0 Å². The predicted octanol–water partition coefficient (Wildman–Crippen LogP) is 8.86. The third-order valence-corrected chi connectivity index (χ3v) is 10.3. The van der Waals surface area contributed by atoms with E-state index in [0.717, 1.165) is 33.5 Å². The Morgan fingerprint density at radius 1 is 0.873 bits per heavy atom. The van der Waals surface area contributed by atoms with Crippen molar-refractivity contribution in [3.05, 3.63) is 186 Å². The molecule has 2 radical (unpaired) electrons. The SMILES string of the molecule is C=CCOC(=O)N1CC(=O)N(Cc2ccc(C#N)c(N=C(c3ccccc3)c3ccccc3)c2)[C@@H](C(O[Si]C(C)(C)C)(c2ccccc2)c2ccccc2)C1. The van der Waals surface area contributed by atoms with Crippen LogP contribution in [-0.2, 0) is 26.1 Å². The zero-order chi connectivity index (χ0) is 38.8. The molecule has 1 fully saturated rings. The molecule has 0 aromatic heterocycles. The van der Waals surface area contributed by atoms with Crippen LogP contribution in [0.1, 0.15) is 54.2 Å². The highest BCUT2D eigenvalue weighted by atomic mass is 28.2. The van der Waals surface area contributed by atoms with Crippen molar-refractivity contribution in [2.45, 2.75) is 44.0 Å². The summed E-state index contributed by atoms with van der Waals surface area (Å²) in [5.41, 5.74) is 4.71. The summed E-state index contributed by atoms with van der Waals surface area (Å²) in [5, 5.41) is 10.0. The molecule has 1 saturated heterocycles. The van der Waals surface area contributed by atoms with Crippen molar-refractivity contribution < 1.29 is 18.8 Å². The van der Waals surface area contributed by atoms with E-state index in [1.165, 1.54) is 11.0 Å². The van der Waals surface area contributed by atoms with Crippen molar-refractivity contribution >= 4 is 33.2 Å². The number of hydrogen-bond donors (Lipinski definition) is 0. The molecule has 8 nitrogen and oxygen atoms in total. The van der Waals surface area contributed by atoms with Crippen LogP contribution in [0.4, 0.5) is 10.5 Å². The smallest absolute Gasteiger partial charge is 0.410 e. The van der Waals surface area contributed by atoms with Crippen LogP contribution in [0.3, 0.4) is 0 Å². The number of benzene rings is 5. The minimum Gasteiger partial charge on any atom is -0.445 e. The first-order chi connectivity index (χ1) is 26.6. The Hall–Kier alpha value is -6.08. The first-order valence-corrected chi connectivity index (χ1v) is 19.1. The van der Waals surface area contributed by atoms with Gasteiger partial charge in [-0.2, -0.15) is 5.26 Å². The standard InChI is InChI=1S/C46H44N4O4Si/c1-5-28-53-44(52)49-32-41(46(54-55-45(2,3)4,38-22-14-8-15-23-38)39-24-16-9-17-25-39)50(42(51)33-49)31-34-26-27-37(30-47)40(29-34)48-43(35-18-10-6-11-19-35)36-20-12-7-13-21-36/h5-27,29,41H,1,28,31-33H2,2-4H3/t41-/m1/s1. The molecule has 0 N–H and O–H groups in total. The fourth-order valence-electron chi connectivity index (χ4n) is 6.72. The van der Waals surface area contributed by atoms with Gasteiger partial charge >= 0.3 is 6.09 Å². The summed E-state index contributed by atoms with van der Waals surface area (Å²) in [7, 11) is 0.0308. The number of nitrogens with zero attached hydrogens (tertiary/aromatic N) is 4. The lowest BCUT2D eigenvalue weighted by molar-refractivity contribution is -0.147. The van der Waals surface area contributed by atoms with Crippen LogP contribution in [0, 0.1) is 11.3 Å². The molecule has 5 aromatic rings. The van der Waals surface area contributed by atoms with E-state index in [-0.39, 0.29) is 46.9 Å². The Morgan fingerprint density at radius 2 is 1.42 bits per heavy atom. The molecule has 276 valence electrons. The Bertz CT molecular complexity index is 2080. The van der Waals surface area contributed by atoms with Crippen molar-refractivity contribution in [2.24, 2.45) is 4.99 Å². The van der Waals surface area contributed by atoms with Crippen LogP contribution >= 0.6 is 0 Å². The number of carbonyl (C=O) groups is 2. The molecule has 2 amide bonds. The Balaban J connectivity index is 1.51. The van der Waals surface area contributed by atoms with Gasteiger partial charge in [-0.3, -0.25) is 9.69 Å². The van der Waals surface area contributed by atoms with E-state index in [2.05, 4.69) is 33.4 Å². The minimum absolute atomic E-state index is 0.0187. The van der Waals surface area contributed by atoms with Gasteiger partial charge in [0.05, 0.1) is 23.0 Å². The summed E-state index contributed by atoms with van der Waals surface area (Å²) in [6.45, 7) is 10.2. The van der Waals surface area contributed by atoms with Crippen molar-refractivity contribution in [3.8, 4) is 6.07 Å². The van der Waals surface area contributed by atoms with Gasteiger partial charge in [0.2, 0.25) is 15.7 Å². The Labute approximate surface area is 326 Å². The van der Waals surface area contributed by atoms with Gasteiger partial charge in [0.1, 0.15) is 24.8 Å².